The number of imidazole rings is 1. The molecule has 2 nitrogen and oxygen atoms in total. The van der Waals surface area contributed by atoms with Crippen molar-refractivity contribution in [3.05, 3.63) is 66.1 Å². The number of aromatic nitrogens is 2. The van der Waals surface area contributed by atoms with Crippen molar-refractivity contribution in [3.63, 3.8) is 0 Å². The molecule has 20 heavy (non-hydrogen) atoms. The normalized spacial score (nSPS) is 10.7. The van der Waals surface area contributed by atoms with Gasteiger partial charge in [-0.05, 0) is 42.1 Å². The lowest BCUT2D eigenvalue weighted by Gasteiger charge is -2.09. The molecular weight excluding hydrogens is 288 g/mol. The van der Waals surface area contributed by atoms with Gasteiger partial charge in [-0.15, -0.1) is 11.8 Å². The highest BCUT2D eigenvalue weighted by Crippen LogP contribution is 2.28. The molecule has 2 aromatic carbocycles. The van der Waals surface area contributed by atoms with Gasteiger partial charge in [0.15, 0.2) is 0 Å². The molecule has 0 aliphatic rings. The minimum Gasteiger partial charge on any atom is -0.283 e. The van der Waals surface area contributed by atoms with E-state index < -0.39 is 0 Å². The van der Waals surface area contributed by atoms with Crippen LogP contribution in [0, 0.1) is 0 Å². The fourth-order valence-electron chi connectivity index (χ4n) is 2.12. The van der Waals surface area contributed by atoms with E-state index in [1.54, 1.807) is 11.8 Å². The molecule has 0 spiro atoms. The van der Waals surface area contributed by atoms with Crippen molar-refractivity contribution >= 4 is 23.4 Å². The van der Waals surface area contributed by atoms with E-state index >= 15 is 0 Å². The van der Waals surface area contributed by atoms with Gasteiger partial charge in [0.2, 0.25) is 5.28 Å². The molecule has 0 saturated carbocycles. The molecule has 0 aliphatic carbocycles. The highest BCUT2D eigenvalue weighted by Gasteiger charge is 2.11. The van der Waals surface area contributed by atoms with Crippen LogP contribution in [-0.4, -0.2) is 15.8 Å². The van der Waals surface area contributed by atoms with Gasteiger partial charge in [-0.2, -0.15) is 0 Å². The van der Waals surface area contributed by atoms with Gasteiger partial charge in [-0.1, -0.05) is 30.3 Å². The molecule has 0 aliphatic heterocycles. The van der Waals surface area contributed by atoms with Crippen LogP contribution >= 0.6 is 23.4 Å². The molecule has 0 radical (unpaired) electrons. The predicted octanol–water partition coefficient (Wildman–Crippen LogP) is 4.91. The van der Waals surface area contributed by atoms with Crippen molar-refractivity contribution in [2.45, 2.75) is 4.90 Å². The quantitative estimate of drug-likeness (QED) is 0.639. The molecule has 0 bridgehead atoms. The van der Waals surface area contributed by atoms with Gasteiger partial charge in [0, 0.05) is 16.1 Å². The molecule has 1 aromatic heterocycles. The van der Waals surface area contributed by atoms with E-state index in [-0.39, 0.29) is 0 Å². The van der Waals surface area contributed by atoms with Crippen LogP contribution in [0.5, 0.6) is 0 Å². The number of hydrogen-bond donors (Lipinski definition) is 0. The van der Waals surface area contributed by atoms with Gasteiger partial charge in [0.1, 0.15) is 0 Å². The second-order valence-corrected chi connectivity index (χ2v) is 5.53. The van der Waals surface area contributed by atoms with E-state index in [1.165, 1.54) is 4.90 Å². The molecule has 3 rings (SSSR count). The zero-order valence-corrected chi connectivity index (χ0v) is 12.5. The molecule has 0 unspecified atom stereocenters. The summed E-state index contributed by atoms with van der Waals surface area (Å²) in [6.07, 6.45) is 3.88. The van der Waals surface area contributed by atoms with E-state index in [0.717, 1.165) is 16.9 Å². The lowest BCUT2D eigenvalue weighted by molar-refractivity contribution is 1.06. The van der Waals surface area contributed by atoms with Gasteiger partial charge in [-0.25, -0.2) is 4.98 Å². The van der Waals surface area contributed by atoms with Crippen LogP contribution in [0.3, 0.4) is 0 Å². The molecule has 4 heteroatoms. The Morgan fingerprint density at radius 3 is 2.35 bits per heavy atom. The Morgan fingerprint density at radius 2 is 1.70 bits per heavy atom. The van der Waals surface area contributed by atoms with Crippen LogP contribution in [0.15, 0.2) is 65.7 Å². The van der Waals surface area contributed by atoms with E-state index in [2.05, 4.69) is 35.5 Å². The van der Waals surface area contributed by atoms with Gasteiger partial charge in [0.05, 0.1) is 11.9 Å². The molecule has 0 fully saturated rings. The first-order valence-electron chi connectivity index (χ1n) is 6.22. The Labute approximate surface area is 127 Å². The zero-order chi connectivity index (χ0) is 13.9. The maximum absolute atomic E-state index is 6.24. The predicted molar refractivity (Wildman–Crippen MR) is 85.8 cm³/mol. The summed E-state index contributed by atoms with van der Waals surface area (Å²) in [6, 6.07) is 18.4. The minimum atomic E-state index is 0.472. The van der Waals surface area contributed by atoms with Crippen molar-refractivity contribution in [2.75, 3.05) is 6.26 Å². The lowest BCUT2D eigenvalue weighted by atomic mass is 10.1. The van der Waals surface area contributed by atoms with Crippen molar-refractivity contribution in [1.29, 1.82) is 0 Å². The fraction of sp³-hybridized carbons (Fsp3) is 0.0625. The van der Waals surface area contributed by atoms with Crippen LogP contribution < -0.4 is 0 Å². The summed E-state index contributed by atoms with van der Waals surface area (Å²) in [5, 5.41) is 0.472. The maximum Gasteiger partial charge on any atom is 0.207 e. The highest BCUT2D eigenvalue weighted by atomic mass is 35.5. The Hall–Kier alpha value is -1.71. The molecule has 0 N–H and O–H groups in total. The Bertz CT molecular complexity index is 705. The zero-order valence-electron chi connectivity index (χ0n) is 11.0. The number of benzene rings is 2. The number of thioether (sulfide) groups is 1. The Balaban J connectivity index is 2.11. The summed E-state index contributed by atoms with van der Waals surface area (Å²) >= 11 is 7.97. The first kappa shape index (κ1) is 13.3. The number of nitrogens with zero attached hydrogens (tertiary/aromatic N) is 2. The summed E-state index contributed by atoms with van der Waals surface area (Å²) in [5.41, 5.74) is 3.11. The maximum atomic E-state index is 6.24. The molecular formula is C16H13ClN2S. The summed E-state index contributed by atoms with van der Waals surface area (Å²) in [7, 11) is 0. The molecule has 0 saturated heterocycles. The number of hydrogen-bond acceptors (Lipinski definition) is 2. The summed E-state index contributed by atoms with van der Waals surface area (Å²) in [5.74, 6) is 0. The van der Waals surface area contributed by atoms with Crippen molar-refractivity contribution < 1.29 is 0 Å². The molecule has 3 aromatic rings. The summed E-state index contributed by atoms with van der Waals surface area (Å²) < 4.78 is 1.95. The van der Waals surface area contributed by atoms with Gasteiger partial charge < -0.3 is 0 Å². The third kappa shape index (κ3) is 2.47. The standard InChI is InChI=1S/C16H13ClN2S/c1-20-14-9-7-12(8-10-14)15-11-18-16(17)19(15)13-5-3-2-4-6-13/h2-11H,1H3. The van der Waals surface area contributed by atoms with Crippen molar-refractivity contribution in [3.8, 4) is 16.9 Å². The van der Waals surface area contributed by atoms with E-state index in [1.807, 2.05) is 41.1 Å². The van der Waals surface area contributed by atoms with Crippen LogP contribution in [-0.2, 0) is 0 Å². The molecule has 0 atom stereocenters. The van der Waals surface area contributed by atoms with Crippen molar-refractivity contribution in [1.82, 2.24) is 9.55 Å². The van der Waals surface area contributed by atoms with Gasteiger partial charge in [-0.3, -0.25) is 4.57 Å². The first-order valence-corrected chi connectivity index (χ1v) is 7.83. The Kier molecular flexibility index (Phi) is 3.81. The molecule has 1 heterocycles. The van der Waals surface area contributed by atoms with Gasteiger partial charge >= 0.3 is 0 Å². The Morgan fingerprint density at radius 1 is 1.00 bits per heavy atom. The number of rotatable bonds is 3. The lowest BCUT2D eigenvalue weighted by Crippen LogP contribution is -1.96. The second-order valence-electron chi connectivity index (χ2n) is 4.31. The van der Waals surface area contributed by atoms with Crippen LogP contribution in [0.2, 0.25) is 5.28 Å². The van der Waals surface area contributed by atoms with E-state index in [9.17, 15) is 0 Å². The number of halogens is 1. The molecule has 100 valence electrons. The smallest absolute Gasteiger partial charge is 0.207 e. The average Bonchev–Trinajstić information content (AvgIpc) is 2.90. The monoisotopic (exact) mass is 300 g/mol. The SMILES string of the molecule is CSc1ccc(-c2cnc(Cl)n2-c2ccccc2)cc1. The van der Waals surface area contributed by atoms with Gasteiger partial charge in [0.25, 0.3) is 0 Å². The van der Waals surface area contributed by atoms with Crippen LogP contribution in [0.4, 0.5) is 0 Å². The minimum absolute atomic E-state index is 0.472. The topological polar surface area (TPSA) is 17.8 Å². The van der Waals surface area contributed by atoms with Crippen LogP contribution in [0.25, 0.3) is 16.9 Å². The summed E-state index contributed by atoms with van der Waals surface area (Å²) in [6.45, 7) is 0. The van der Waals surface area contributed by atoms with Crippen molar-refractivity contribution in [2.24, 2.45) is 0 Å². The largest absolute Gasteiger partial charge is 0.283 e. The molecule has 0 amide bonds. The first-order chi connectivity index (χ1) is 9.79. The van der Waals surface area contributed by atoms with Crippen LogP contribution in [0.1, 0.15) is 0 Å². The fourth-order valence-corrected chi connectivity index (χ4v) is 2.76. The second kappa shape index (κ2) is 5.73. The van der Waals surface area contributed by atoms with E-state index in [4.69, 9.17) is 11.6 Å². The average molecular weight is 301 g/mol. The van der Waals surface area contributed by atoms with E-state index in [0.29, 0.717) is 5.28 Å². The number of para-hydroxylation sites is 1. The highest BCUT2D eigenvalue weighted by molar-refractivity contribution is 7.98. The third-order valence-corrected chi connectivity index (χ3v) is 4.13. The summed E-state index contributed by atoms with van der Waals surface area (Å²) in [4.78, 5) is 5.48. The third-order valence-electron chi connectivity index (χ3n) is 3.12.